The smallest absolute Gasteiger partial charge is 0.238 e. The van der Waals surface area contributed by atoms with Crippen molar-refractivity contribution in [2.24, 2.45) is 0 Å². The van der Waals surface area contributed by atoms with Crippen LogP contribution in [-0.4, -0.2) is 4.98 Å². The highest BCUT2D eigenvalue weighted by atomic mass is 79.9. The normalized spacial score (nSPS) is 10.2. The number of aromatic nitrogens is 1. The molecule has 0 unspecified atom stereocenters. The van der Waals surface area contributed by atoms with E-state index in [2.05, 4.69) is 20.9 Å². The Bertz CT molecular complexity index is 521. The SMILES string of the molecule is Fc1ccc(Oc2ncccc2Cl)cc1Br. The minimum atomic E-state index is -0.348. The van der Waals surface area contributed by atoms with Gasteiger partial charge in [0.15, 0.2) is 0 Å². The van der Waals surface area contributed by atoms with Gasteiger partial charge in [-0.05, 0) is 46.3 Å². The lowest BCUT2D eigenvalue weighted by Gasteiger charge is -2.06. The molecule has 0 N–H and O–H groups in total. The number of benzene rings is 1. The predicted molar refractivity (Wildman–Crippen MR) is 63.4 cm³/mol. The second-order valence-electron chi connectivity index (χ2n) is 2.97. The molecule has 0 saturated carbocycles. The van der Waals surface area contributed by atoms with Gasteiger partial charge in [-0.25, -0.2) is 9.37 Å². The second-order valence-corrected chi connectivity index (χ2v) is 4.23. The number of hydrogen-bond donors (Lipinski definition) is 0. The molecule has 2 nitrogen and oxygen atoms in total. The zero-order chi connectivity index (χ0) is 11.5. The molecule has 1 heterocycles. The summed E-state index contributed by atoms with van der Waals surface area (Å²) < 4.78 is 18.7. The van der Waals surface area contributed by atoms with Gasteiger partial charge in [-0.15, -0.1) is 0 Å². The van der Waals surface area contributed by atoms with Gasteiger partial charge in [0.25, 0.3) is 0 Å². The van der Waals surface area contributed by atoms with Crippen LogP contribution >= 0.6 is 27.5 Å². The number of halogens is 3. The van der Waals surface area contributed by atoms with Crippen LogP contribution in [-0.2, 0) is 0 Å². The summed E-state index contributed by atoms with van der Waals surface area (Å²) in [5.74, 6) is 0.413. The molecule has 0 fully saturated rings. The van der Waals surface area contributed by atoms with E-state index in [1.165, 1.54) is 18.2 Å². The van der Waals surface area contributed by atoms with Crippen molar-refractivity contribution < 1.29 is 9.13 Å². The van der Waals surface area contributed by atoms with Crippen LogP contribution in [0.5, 0.6) is 11.6 Å². The first-order chi connectivity index (χ1) is 7.66. The molecule has 0 aliphatic heterocycles. The van der Waals surface area contributed by atoms with E-state index in [9.17, 15) is 4.39 Å². The first-order valence-electron chi connectivity index (χ1n) is 4.40. The van der Waals surface area contributed by atoms with Crippen molar-refractivity contribution in [3.8, 4) is 11.6 Å². The molecule has 2 aromatic rings. The van der Waals surface area contributed by atoms with Crippen LogP contribution in [0.4, 0.5) is 4.39 Å². The van der Waals surface area contributed by atoms with Crippen molar-refractivity contribution in [2.45, 2.75) is 0 Å². The van der Waals surface area contributed by atoms with Crippen molar-refractivity contribution in [3.05, 3.63) is 51.8 Å². The first kappa shape index (κ1) is 11.4. The Hall–Kier alpha value is -1.13. The van der Waals surface area contributed by atoms with Crippen molar-refractivity contribution in [1.82, 2.24) is 4.98 Å². The van der Waals surface area contributed by atoms with E-state index in [1.54, 1.807) is 18.3 Å². The molecule has 0 radical (unpaired) electrons. The summed E-state index contributed by atoms with van der Waals surface area (Å²) in [6, 6.07) is 7.69. The molecule has 0 amide bonds. The van der Waals surface area contributed by atoms with Crippen LogP contribution in [0.2, 0.25) is 5.02 Å². The highest BCUT2D eigenvalue weighted by Gasteiger charge is 2.05. The topological polar surface area (TPSA) is 22.1 Å². The molecule has 2 rings (SSSR count). The molecule has 16 heavy (non-hydrogen) atoms. The highest BCUT2D eigenvalue weighted by molar-refractivity contribution is 9.10. The zero-order valence-corrected chi connectivity index (χ0v) is 10.3. The lowest BCUT2D eigenvalue weighted by molar-refractivity contribution is 0.461. The molecule has 82 valence electrons. The first-order valence-corrected chi connectivity index (χ1v) is 5.57. The van der Waals surface area contributed by atoms with E-state index < -0.39 is 0 Å². The number of ether oxygens (including phenoxy) is 1. The third-order valence-corrected chi connectivity index (χ3v) is 2.73. The van der Waals surface area contributed by atoms with Gasteiger partial charge in [-0.3, -0.25) is 0 Å². The van der Waals surface area contributed by atoms with Gasteiger partial charge in [-0.1, -0.05) is 11.6 Å². The predicted octanol–water partition coefficient (Wildman–Crippen LogP) is 4.43. The second kappa shape index (κ2) is 4.80. The maximum absolute atomic E-state index is 13.0. The van der Waals surface area contributed by atoms with E-state index in [4.69, 9.17) is 16.3 Å². The van der Waals surface area contributed by atoms with Crippen LogP contribution in [0.15, 0.2) is 41.0 Å². The third kappa shape index (κ3) is 2.51. The van der Waals surface area contributed by atoms with Crippen molar-refractivity contribution in [1.29, 1.82) is 0 Å². The van der Waals surface area contributed by atoms with Gasteiger partial charge in [-0.2, -0.15) is 0 Å². The minimum absolute atomic E-state index is 0.294. The molecule has 0 atom stereocenters. The van der Waals surface area contributed by atoms with E-state index in [1.807, 2.05) is 0 Å². The van der Waals surface area contributed by atoms with Crippen molar-refractivity contribution >= 4 is 27.5 Å². The molecule has 1 aromatic carbocycles. The molecule has 0 saturated heterocycles. The van der Waals surface area contributed by atoms with E-state index in [-0.39, 0.29) is 5.82 Å². The Kier molecular flexibility index (Phi) is 3.41. The molecular formula is C11H6BrClFNO. The quantitative estimate of drug-likeness (QED) is 0.819. The monoisotopic (exact) mass is 301 g/mol. The van der Waals surface area contributed by atoms with Gasteiger partial charge in [0.2, 0.25) is 5.88 Å². The third-order valence-electron chi connectivity index (χ3n) is 1.83. The van der Waals surface area contributed by atoms with Gasteiger partial charge in [0, 0.05) is 6.20 Å². The highest BCUT2D eigenvalue weighted by Crippen LogP contribution is 2.29. The fourth-order valence-corrected chi connectivity index (χ4v) is 1.62. The fraction of sp³-hybridized carbons (Fsp3) is 0. The Labute approximate surface area is 105 Å². The Morgan fingerprint density at radius 3 is 2.81 bits per heavy atom. The summed E-state index contributed by atoms with van der Waals surface area (Å²) in [4.78, 5) is 3.96. The van der Waals surface area contributed by atoms with E-state index >= 15 is 0 Å². The molecule has 0 spiro atoms. The summed E-state index contributed by atoms with van der Waals surface area (Å²) >= 11 is 8.94. The lowest BCUT2D eigenvalue weighted by atomic mass is 10.3. The van der Waals surface area contributed by atoms with Crippen LogP contribution in [0, 0.1) is 5.82 Å². The number of pyridine rings is 1. The molecule has 0 aliphatic carbocycles. The average Bonchev–Trinajstić information content (AvgIpc) is 2.27. The standard InChI is InChI=1S/C11H6BrClFNO/c12-8-6-7(3-4-10(8)14)16-11-9(13)2-1-5-15-11/h1-6H. The van der Waals surface area contributed by atoms with Crippen molar-refractivity contribution in [2.75, 3.05) is 0 Å². The van der Waals surface area contributed by atoms with Crippen LogP contribution in [0.25, 0.3) is 0 Å². The summed E-state index contributed by atoms with van der Waals surface area (Å²) in [7, 11) is 0. The maximum Gasteiger partial charge on any atom is 0.238 e. The zero-order valence-electron chi connectivity index (χ0n) is 7.95. The average molecular weight is 303 g/mol. The number of nitrogens with zero attached hydrogens (tertiary/aromatic N) is 1. The van der Waals surface area contributed by atoms with Crippen LogP contribution in [0.3, 0.4) is 0 Å². The summed E-state index contributed by atoms with van der Waals surface area (Å²) in [5.41, 5.74) is 0. The van der Waals surface area contributed by atoms with E-state index in [0.717, 1.165) is 0 Å². The Morgan fingerprint density at radius 1 is 1.31 bits per heavy atom. The molecule has 1 aromatic heterocycles. The fourth-order valence-electron chi connectivity index (χ4n) is 1.10. The Balaban J connectivity index is 2.28. The summed E-state index contributed by atoms with van der Waals surface area (Å²) in [6.07, 6.45) is 1.57. The van der Waals surface area contributed by atoms with Crippen LogP contribution < -0.4 is 4.74 Å². The maximum atomic E-state index is 13.0. The van der Waals surface area contributed by atoms with Gasteiger partial charge < -0.3 is 4.74 Å². The summed E-state index contributed by atoms with van der Waals surface area (Å²) in [5, 5.41) is 0.406. The molecule has 0 aliphatic rings. The van der Waals surface area contributed by atoms with Gasteiger partial charge in [0.1, 0.15) is 16.6 Å². The molecule has 5 heteroatoms. The Morgan fingerprint density at radius 2 is 2.12 bits per heavy atom. The van der Waals surface area contributed by atoms with Crippen LogP contribution in [0.1, 0.15) is 0 Å². The lowest BCUT2D eigenvalue weighted by Crippen LogP contribution is -1.89. The molecule has 0 bridgehead atoms. The van der Waals surface area contributed by atoms with E-state index in [0.29, 0.717) is 21.1 Å². The van der Waals surface area contributed by atoms with Gasteiger partial charge in [0.05, 0.1) is 4.47 Å². The largest absolute Gasteiger partial charge is 0.438 e. The number of hydrogen-bond acceptors (Lipinski definition) is 2. The number of rotatable bonds is 2. The van der Waals surface area contributed by atoms with Crippen molar-refractivity contribution in [3.63, 3.8) is 0 Å². The minimum Gasteiger partial charge on any atom is -0.438 e. The molecular weight excluding hydrogens is 296 g/mol. The van der Waals surface area contributed by atoms with Gasteiger partial charge >= 0.3 is 0 Å². The summed E-state index contributed by atoms with van der Waals surface area (Å²) in [6.45, 7) is 0.